The quantitative estimate of drug-likeness (QED) is 0.701. The zero-order chi connectivity index (χ0) is 11.0. The van der Waals surface area contributed by atoms with Gasteiger partial charge in [0.05, 0.1) is 6.26 Å². The van der Waals surface area contributed by atoms with Crippen molar-refractivity contribution in [3.05, 3.63) is 42.3 Å². The molecule has 0 aliphatic rings. The van der Waals surface area contributed by atoms with Gasteiger partial charge >= 0.3 is 0 Å². The molecular weight excluding hydrogens is 204 g/mol. The smallest absolute Gasteiger partial charge is 0.204 e. The van der Waals surface area contributed by atoms with Gasteiger partial charge in [-0.05, 0) is 24.3 Å². The highest BCUT2D eigenvalue weighted by molar-refractivity contribution is 5.54. The Morgan fingerprint density at radius 2 is 2.12 bits per heavy atom. The fraction of sp³-hybridized carbons (Fsp3) is 0.0909. The first-order chi connectivity index (χ1) is 7.90. The van der Waals surface area contributed by atoms with Crippen LogP contribution in [0.4, 0.5) is 0 Å². The zero-order valence-electron chi connectivity index (χ0n) is 8.50. The molecule has 3 aromatic rings. The lowest BCUT2D eigenvalue weighted by Crippen LogP contribution is -2.04. The third-order valence-corrected chi connectivity index (χ3v) is 2.46. The highest BCUT2D eigenvalue weighted by atomic mass is 16.3. The molecule has 3 rings (SSSR count). The molecule has 3 aromatic heterocycles. The number of furan rings is 1. The summed E-state index contributed by atoms with van der Waals surface area (Å²) in [6, 6.07) is 9.42. The van der Waals surface area contributed by atoms with Crippen LogP contribution in [-0.4, -0.2) is 14.6 Å². The lowest BCUT2D eigenvalue weighted by molar-refractivity contribution is 0.576. The topological polar surface area (TPSA) is 69.3 Å². The first-order valence-corrected chi connectivity index (χ1v) is 4.97. The summed E-state index contributed by atoms with van der Waals surface area (Å²) in [5.41, 5.74) is 7.42. The molecule has 0 atom stereocenters. The maximum absolute atomic E-state index is 5.69. The van der Waals surface area contributed by atoms with Crippen LogP contribution in [0.2, 0.25) is 0 Å². The summed E-state index contributed by atoms with van der Waals surface area (Å²) in [4.78, 5) is 0. The molecule has 0 bridgehead atoms. The Balaban J connectivity index is 2.34. The zero-order valence-corrected chi connectivity index (χ0v) is 8.50. The molecule has 0 aliphatic carbocycles. The van der Waals surface area contributed by atoms with Crippen LogP contribution in [0.3, 0.4) is 0 Å². The van der Waals surface area contributed by atoms with Crippen LogP contribution in [0.1, 0.15) is 5.69 Å². The fourth-order valence-electron chi connectivity index (χ4n) is 1.73. The highest BCUT2D eigenvalue weighted by Gasteiger charge is 2.12. The maximum Gasteiger partial charge on any atom is 0.204 e. The Morgan fingerprint density at radius 3 is 2.88 bits per heavy atom. The van der Waals surface area contributed by atoms with Gasteiger partial charge in [0.15, 0.2) is 11.4 Å². The van der Waals surface area contributed by atoms with Crippen LogP contribution in [0.25, 0.3) is 17.2 Å². The summed E-state index contributed by atoms with van der Waals surface area (Å²) in [5, 5.41) is 8.19. The van der Waals surface area contributed by atoms with Gasteiger partial charge in [0.25, 0.3) is 0 Å². The lowest BCUT2D eigenvalue weighted by atomic mass is 10.3. The summed E-state index contributed by atoms with van der Waals surface area (Å²) in [6.07, 6.45) is 1.61. The molecule has 3 heterocycles. The van der Waals surface area contributed by atoms with E-state index in [1.807, 2.05) is 34.7 Å². The largest absolute Gasteiger partial charge is 0.461 e. The summed E-state index contributed by atoms with van der Waals surface area (Å²) in [5.74, 6) is 1.37. The van der Waals surface area contributed by atoms with Gasteiger partial charge in [0.1, 0.15) is 0 Å². The number of hydrogen-bond acceptors (Lipinski definition) is 4. The van der Waals surface area contributed by atoms with Gasteiger partial charge in [0.2, 0.25) is 5.82 Å². The van der Waals surface area contributed by atoms with Gasteiger partial charge in [-0.25, -0.2) is 0 Å². The summed E-state index contributed by atoms with van der Waals surface area (Å²) in [6.45, 7) is 0.434. The Labute approximate surface area is 91.5 Å². The van der Waals surface area contributed by atoms with Crippen LogP contribution in [0, 0.1) is 0 Å². The molecule has 0 unspecified atom stereocenters. The van der Waals surface area contributed by atoms with Gasteiger partial charge in [-0.15, -0.1) is 10.2 Å². The average Bonchev–Trinajstić information content (AvgIpc) is 2.96. The number of aromatic nitrogens is 3. The predicted molar refractivity (Wildman–Crippen MR) is 58.6 cm³/mol. The standard InChI is InChI=1S/C11H10N4O/c12-7-8-3-1-5-10-13-14-11(15(8)10)9-4-2-6-16-9/h1-6H,7,12H2. The monoisotopic (exact) mass is 214 g/mol. The molecule has 0 radical (unpaired) electrons. The first-order valence-electron chi connectivity index (χ1n) is 4.97. The Morgan fingerprint density at radius 1 is 1.19 bits per heavy atom. The van der Waals surface area contributed by atoms with Crippen LogP contribution in [0.5, 0.6) is 0 Å². The van der Waals surface area contributed by atoms with Crippen molar-refractivity contribution in [1.82, 2.24) is 14.6 Å². The molecule has 0 amide bonds. The minimum Gasteiger partial charge on any atom is -0.461 e. The van der Waals surface area contributed by atoms with Gasteiger partial charge in [-0.3, -0.25) is 4.40 Å². The van der Waals surface area contributed by atoms with E-state index in [9.17, 15) is 0 Å². The molecule has 0 fully saturated rings. The SMILES string of the molecule is NCc1cccc2nnc(-c3ccco3)n12. The summed E-state index contributed by atoms with van der Waals surface area (Å²) >= 11 is 0. The van der Waals surface area contributed by atoms with E-state index in [0.29, 0.717) is 18.1 Å². The van der Waals surface area contributed by atoms with E-state index < -0.39 is 0 Å². The average molecular weight is 214 g/mol. The number of nitrogens with zero attached hydrogens (tertiary/aromatic N) is 3. The number of pyridine rings is 1. The van der Waals surface area contributed by atoms with E-state index in [1.165, 1.54) is 0 Å². The second kappa shape index (κ2) is 3.46. The molecule has 16 heavy (non-hydrogen) atoms. The van der Waals surface area contributed by atoms with Crippen LogP contribution >= 0.6 is 0 Å². The second-order valence-electron chi connectivity index (χ2n) is 3.42. The van der Waals surface area contributed by atoms with Crippen molar-refractivity contribution in [2.75, 3.05) is 0 Å². The summed E-state index contributed by atoms with van der Waals surface area (Å²) < 4.78 is 7.22. The van der Waals surface area contributed by atoms with E-state index in [1.54, 1.807) is 6.26 Å². The minimum atomic E-state index is 0.434. The van der Waals surface area contributed by atoms with Gasteiger partial charge in [0, 0.05) is 12.2 Å². The maximum atomic E-state index is 5.69. The lowest BCUT2D eigenvalue weighted by Gasteiger charge is -2.03. The molecule has 80 valence electrons. The molecule has 0 saturated heterocycles. The molecule has 0 aliphatic heterocycles. The first kappa shape index (κ1) is 9.11. The van der Waals surface area contributed by atoms with Crippen molar-refractivity contribution in [2.45, 2.75) is 6.54 Å². The van der Waals surface area contributed by atoms with Gasteiger partial charge in [-0.1, -0.05) is 6.07 Å². The van der Waals surface area contributed by atoms with Crippen LogP contribution in [-0.2, 0) is 6.54 Å². The molecule has 5 heteroatoms. The van der Waals surface area contributed by atoms with E-state index in [0.717, 1.165) is 11.3 Å². The number of fused-ring (bicyclic) bond motifs is 1. The van der Waals surface area contributed by atoms with E-state index in [4.69, 9.17) is 10.2 Å². The van der Waals surface area contributed by atoms with Gasteiger partial charge < -0.3 is 10.2 Å². The molecule has 0 saturated carbocycles. The second-order valence-corrected chi connectivity index (χ2v) is 3.42. The van der Waals surface area contributed by atoms with E-state index in [2.05, 4.69) is 10.2 Å². The minimum absolute atomic E-state index is 0.434. The third kappa shape index (κ3) is 1.22. The number of hydrogen-bond donors (Lipinski definition) is 1. The van der Waals surface area contributed by atoms with Crippen molar-refractivity contribution >= 4 is 5.65 Å². The summed E-state index contributed by atoms with van der Waals surface area (Å²) in [7, 11) is 0. The van der Waals surface area contributed by atoms with Crippen molar-refractivity contribution in [1.29, 1.82) is 0 Å². The number of rotatable bonds is 2. The van der Waals surface area contributed by atoms with Crippen molar-refractivity contribution in [2.24, 2.45) is 5.73 Å². The Bertz CT molecular complexity index is 612. The van der Waals surface area contributed by atoms with Crippen molar-refractivity contribution < 1.29 is 4.42 Å². The normalized spacial score (nSPS) is 11.1. The van der Waals surface area contributed by atoms with E-state index in [-0.39, 0.29) is 0 Å². The highest BCUT2D eigenvalue weighted by Crippen LogP contribution is 2.20. The number of nitrogens with two attached hydrogens (primary N) is 1. The van der Waals surface area contributed by atoms with Crippen molar-refractivity contribution in [3.63, 3.8) is 0 Å². The Kier molecular flexibility index (Phi) is 1.97. The van der Waals surface area contributed by atoms with Crippen LogP contribution < -0.4 is 5.73 Å². The molecule has 5 nitrogen and oxygen atoms in total. The van der Waals surface area contributed by atoms with E-state index >= 15 is 0 Å². The molecule has 2 N–H and O–H groups in total. The van der Waals surface area contributed by atoms with Gasteiger partial charge in [-0.2, -0.15) is 0 Å². The van der Waals surface area contributed by atoms with Crippen molar-refractivity contribution in [3.8, 4) is 11.6 Å². The molecular formula is C11H10N4O. The predicted octanol–water partition coefficient (Wildman–Crippen LogP) is 1.45. The molecule has 0 aromatic carbocycles. The Hall–Kier alpha value is -2.14. The third-order valence-electron chi connectivity index (χ3n) is 2.46. The van der Waals surface area contributed by atoms with Crippen LogP contribution in [0.15, 0.2) is 41.0 Å². The fourth-order valence-corrected chi connectivity index (χ4v) is 1.73. The molecule has 0 spiro atoms.